The van der Waals surface area contributed by atoms with Crippen molar-refractivity contribution in [2.45, 2.75) is 125 Å². The van der Waals surface area contributed by atoms with Crippen molar-refractivity contribution in [3.8, 4) is 11.4 Å². The van der Waals surface area contributed by atoms with E-state index < -0.39 is 0 Å². The highest BCUT2D eigenvalue weighted by Gasteiger charge is 2.25. The predicted octanol–water partition coefficient (Wildman–Crippen LogP) is 30.2. The Morgan fingerprint density at radius 3 is 1.07 bits per heavy atom. The lowest BCUT2D eigenvalue weighted by atomic mass is 10.1. The van der Waals surface area contributed by atoms with Crippen LogP contribution in [0.25, 0.3) is 165 Å². The van der Waals surface area contributed by atoms with E-state index in [2.05, 4.69) is 225 Å². The summed E-state index contributed by atoms with van der Waals surface area (Å²) in [5.74, 6) is 5.02. The van der Waals surface area contributed by atoms with Gasteiger partial charge < -0.3 is 58.0 Å². The molecule has 0 aliphatic heterocycles. The van der Waals surface area contributed by atoms with Crippen molar-refractivity contribution in [2.75, 3.05) is 0 Å². The minimum atomic E-state index is 0.640. The molecule has 0 aliphatic carbocycles. The van der Waals surface area contributed by atoms with E-state index >= 15 is 0 Å². The fourth-order valence-corrected chi connectivity index (χ4v) is 17.9. The monoisotopic (exact) mass is 1550 g/mol. The molecule has 13 nitrogen and oxygen atoms in total. The van der Waals surface area contributed by atoms with Crippen molar-refractivity contribution in [3.05, 3.63) is 307 Å². The van der Waals surface area contributed by atoms with Gasteiger partial charge in [-0.3, -0.25) is 0 Å². The maximum atomic E-state index is 5.77. The molecule has 0 aliphatic rings. The van der Waals surface area contributed by atoms with Crippen LogP contribution in [0, 0.1) is 125 Å². The molecule has 14 heteroatoms. The molecule has 116 heavy (non-hydrogen) atoms. The molecule has 0 amide bonds. The molecule has 14 heterocycles. The lowest BCUT2D eigenvalue weighted by molar-refractivity contribution is 0.478. The van der Waals surface area contributed by atoms with E-state index in [0.717, 1.165) is 122 Å². The maximum Gasteiger partial charge on any atom is 0.298 e. The standard InChI is InChI=1S/2C21H22N2.4C12H10O2.C12H10OS/c1-13-9-8-10-14(2)19(13)23-16(4)15(3)20-21(23)17-11-6-7-12-18(17)22(20)5;1-13-9-8-10-14(2)19(13)23-18-12-7-6-11-17(18)21-20(23)15(3)16(4)22(21)5;2*1-7-8(2)13-12-9-5-3-4-6-10(9)14-11(7)12;2*1-7-8(2)13-12-11(7)9-5-3-4-6-10(9)14-12;1-7-8(2)14-12-11(7)9-5-3-4-6-10(9)13-12/h2*6-12H,1-5H3;5*3-6H,1-2H3. The molecule has 14 aromatic heterocycles. The molecule has 0 N–H and O–H groups in total. The molecular weight excluding hydrogens is 1460 g/mol. The van der Waals surface area contributed by atoms with Gasteiger partial charge in [-0.05, 0) is 218 Å². The lowest BCUT2D eigenvalue weighted by Crippen LogP contribution is -2.02. The quantitative estimate of drug-likeness (QED) is 0.166. The molecule has 23 rings (SSSR count). The van der Waals surface area contributed by atoms with Crippen molar-refractivity contribution in [2.24, 2.45) is 14.1 Å². The number of benzene rings is 9. The van der Waals surface area contributed by atoms with Gasteiger partial charge >= 0.3 is 0 Å². The Hall–Kier alpha value is -13.0. The summed E-state index contributed by atoms with van der Waals surface area (Å²) in [7, 11) is 4.35. The summed E-state index contributed by atoms with van der Waals surface area (Å²) in [4.78, 5) is 2.41. The van der Waals surface area contributed by atoms with Crippen LogP contribution in [0.2, 0.25) is 0 Å². The second-order valence-electron chi connectivity index (χ2n) is 30.8. The zero-order chi connectivity index (χ0) is 81.1. The van der Waals surface area contributed by atoms with E-state index in [9.17, 15) is 0 Å². The number of fused-ring (bicyclic) bond motifs is 21. The number of aryl methyl sites for hydroxylation is 18. The van der Waals surface area contributed by atoms with Gasteiger partial charge in [-0.2, -0.15) is 0 Å². The van der Waals surface area contributed by atoms with Crippen LogP contribution in [0.5, 0.6) is 0 Å². The normalized spacial score (nSPS) is 11.6. The highest BCUT2D eigenvalue weighted by molar-refractivity contribution is 7.18. The summed E-state index contributed by atoms with van der Waals surface area (Å²) < 4.78 is 60.3. The molecule has 0 radical (unpaired) electrons. The van der Waals surface area contributed by atoms with Gasteiger partial charge in [0, 0.05) is 84.9 Å². The van der Waals surface area contributed by atoms with Gasteiger partial charge in [0.1, 0.15) is 51.0 Å². The predicted molar refractivity (Wildman–Crippen MR) is 480 cm³/mol. The number of hydrogen-bond donors (Lipinski definition) is 0. The highest BCUT2D eigenvalue weighted by atomic mass is 32.1. The van der Waals surface area contributed by atoms with Crippen molar-refractivity contribution >= 4 is 165 Å². The van der Waals surface area contributed by atoms with Crippen LogP contribution in [0.1, 0.15) is 101 Å². The molecule has 0 unspecified atom stereocenters. The summed E-state index contributed by atoms with van der Waals surface area (Å²) in [6.45, 7) is 38.0. The smallest absolute Gasteiger partial charge is 0.298 e. The Bertz CT molecular complexity index is 7290. The number of hydrogen-bond acceptors (Lipinski definition) is 10. The largest absolute Gasteiger partial charge is 0.457 e. The summed E-state index contributed by atoms with van der Waals surface area (Å²) in [6.07, 6.45) is 0. The number of para-hydroxylation sites is 9. The second-order valence-corrected chi connectivity index (χ2v) is 32.0. The first-order valence-corrected chi connectivity index (χ1v) is 40.3. The Labute approximate surface area is 675 Å². The second kappa shape index (κ2) is 29.7. The van der Waals surface area contributed by atoms with E-state index in [1.807, 2.05) is 139 Å². The van der Waals surface area contributed by atoms with E-state index in [-0.39, 0.29) is 0 Å². The van der Waals surface area contributed by atoms with Crippen molar-refractivity contribution in [3.63, 3.8) is 0 Å². The Morgan fingerprint density at radius 1 is 0.241 bits per heavy atom. The third kappa shape index (κ3) is 12.5. The maximum absolute atomic E-state index is 5.77. The van der Waals surface area contributed by atoms with Gasteiger partial charge in [-0.25, -0.2) is 0 Å². The number of thiophene rings is 1. The minimum Gasteiger partial charge on any atom is -0.457 e. The first kappa shape index (κ1) is 75.6. The van der Waals surface area contributed by atoms with Crippen LogP contribution in [0.3, 0.4) is 0 Å². The molecule has 9 aromatic carbocycles. The average Bonchev–Trinajstić information content (AvgIpc) is 1.56. The van der Waals surface area contributed by atoms with Crippen LogP contribution in [-0.2, 0) is 14.1 Å². The van der Waals surface area contributed by atoms with E-state index in [4.69, 9.17) is 39.8 Å². The van der Waals surface area contributed by atoms with Crippen molar-refractivity contribution in [1.82, 2.24) is 18.3 Å². The number of rotatable bonds is 2. The van der Waals surface area contributed by atoms with Gasteiger partial charge in [-0.15, -0.1) is 11.3 Å². The third-order valence-corrected chi connectivity index (χ3v) is 25.0. The Balaban J connectivity index is 0.0000000985. The molecule has 0 saturated carbocycles. The molecule has 0 atom stereocenters. The van der Waals surface area contributed by atoms with Crippen LogP contribution in [0.4, 0.5) is 0 Å². The average molecular weight is 1550 g/mol. The first-order chi connectivity index (χ1) is 55.9. The summed E-state index contributed by atoms with van der Waals surface area (Å²) in [5.41, 5.74) is 35.1. The summed E-state index contributed by atoms with van der Waals surface area (Å²) in [6, 6.07) is 70.6. The van der Waals surface area contributed by atoms with Crippen LogP contribution < -0.4 is 0 Å². The van der Waals surface area contributed by atoms with E-state index in [1.165, 1.54) is 132 Å². The van der Waals surface area contributed by atoms with Gasteiger partial charge in [-0.1, -0.05) is 152 Å². The third-order valence-electron chi connectivity index (χ3n) is 23.9. The summed E-state index contributed by atoms with van der Waals surface area (Å²) >= 11 is 1.74. The minimum absolute atomic E-state index is 0.640. The molecule has 0 bridgehead atoms. The molecule has 23 aromatic rings. The van der Waals surface area contributed by atoms with E-state index in [0.29, 0.717) is 11.6 Å². The Kier molecular flexibility index (Phi) is 19.4. The fourth-order valence-electron chi connectivity index (χ4n) is 16.9. The zero-order valence-electron chi connectivity index (χ0n) is 69.5. The lowest BCUT2D eigenvalue weighted by Gasteiger charge is -2.15. The topological polar surface area (TPSA) is 138 Å². The Morgan fingerprint density at radius 2 is 0.603 bits per heavy atom. The summed E-state index contributed by atoms with van der Waals surface area (Å²) in [5, 5.41) is 11.8. The van der Waals surface area contributed by atoms with Gasteiger partial charge in [0.25, 0.3) is 11.6 Å². The van der Waals surface area contributed by atoms with E-state index in [1.54, 1.807) is 11.3 Å². The molecule has 0 saturated heterocycles. The van der Waals surface area contributed by atoms with Crippen molar-refractivity contribution < 1.29 is 39.8 Å². The first-order valence-electron chi connectivity index (χ1n) is 39.5. The molecular formula is C102H94N4O9S. The zero-order valence-corrected chi connectivity index (χ0v) is 70.3. The van der Waals surface area contributed by atoms with Crippen molar-refractivity contribution in [1.29, 1.82) is 0 Å². The van der Waals surface area contributed by atoms with Gasteiger partial charge in [0.15, 0.2) is 27.2 Å². The molecule has 582 valence electrons. The van der Waals surface area contributed by atoms with Gasteiger partial charge in [0.05, 0.1) is 66.0 Å². The fraction of sp³-hybridized carbons (Fsp3) is 0.196. The molecule has 0 spiro atoms. The number of aromatic nitrogens is 4. The van der Waals surface area contributed by atoms with Gasteiger partial charge in [0.2, 0.25) is 0 Å². The van der Waals surface area contributed by atoms with Crippen LogP contribution >= 0.6 is 11.3 Å². The number of furan rings is 9. The highest BCUT2D eigenvalue weighted by Crippen LogP contribution is 2.44. The molecule has 0 fully saturated rings. The SMILES string of the molecule is Cc1cccc(C)c1-n1c(C)c(C)c2c1c1ccccc1n2C.Cc1cccc(C)c1-n1c2ccccc2c2c1c(C)c(C)n2C.Cc1oc2c(oc3ccccc32)c1C.Cc1oc2c(oc3ccccc32)c1C.Cc1oc2oc3ccccc3c2c1C.Cc1oc2oc3ccccc3c2c1C.Cc1sc2oc3ccccc3c2c1C. The number of nitrogens with zero attached hydrogens (tertiary/aromatic N) is 4. The van der Waals surface area contributed by atoms with Crippen LogP contribution in [-0.4, -0.2) is 18.3 Å². The van der Waals surface area contributed by atoms with Crippen LogP contribution in [0.15, 0.2) is 246 Å².